The van der Waals surface area contributed by atoms with E-state index in [0.29, 0.717) is 0 Å². The van der Waals surface area contributed by atoms with Crippen LogP contribution in [-0.2, 0) is 13.0 Å². The molecule has 2 nitrogen and oxygen atoms in total. The quantitative estimate of drug-likeness (QED) is 0.694. The van der Waals surface area contributed by atoms with Gasteiger partial charge in [-0.25, -0.2) is 0 Å². The highest BCUT2D eigenvalue weighted by atomic mass is 14.9. The summed E-state index contributed by atoms with van der Waals surface area (Å²) in [6.07, 6.45) is 3.18. The highest BCUT2D eigenvalue weighted by Gasteiger charge is 2.00. The number of rotatable bonds is 3. The zero-order valence-corrected chi connectivity index (χ0v) is 10.2. The van der Waals surface area contributed by atoms with Crippen molar-refractivity contribution in [2.75, 3.05) is 5.73 Å². The van der Waals surface area contributed by atoms with Crippen molar-refractivity contribution in [1.82, 2.24) is 4.57 Å². The van der Waals surface area contributed by atoms with Crippen LogP contribution in [0.15, 0.2) is 60.8 Å². The lowest BCUT2D eigenvalue weighted by Gasteiger charge is -2.06. The number of aryl methyl sites for hydroxylation is 2. The number of benzene rings is 2. The van der Waals surface area contributed by atoms with Crippen molar-refractivity contribution >= 4 is 16.6 Å². The molecular formula is C16H16N2. The SMILES string of the molecule is Nc1ccc(CCn2ccc3ccccc32)cc1. The summed E-state index contributed by atoms with van der Waals surface area (Å²) in [4.78, 5) is 0. The lowest BCUT2D eigenvalue weighted by molar-refractivity contribution is 0.723. The molecule has 18 heavy (non-hydrogen) atoms. The molecule has 0 aliphatic carbocycles. The summed E-state index contributed by atoms with van der Waals surface area (Å²) in [5.41, 5.74) is 9.13. The fourth-order valence-corrected chi connectivity index (χ4v) is 2.27. The second-order valence-corrected chi connectivity index (χ2v) is 4.56. The molecule has 0 aliphatic rings. The van der Waals surface area contributed by atoms with E-state index in [0.717, 1.165) is 18.7 Å². The number of nitrogens with two attached hydrogens (primary N) is 1. The smallest absolute Gasteiger partial charge is 0.0480 e. The lowest BCUT2D eigenvalue weighted by Crippen LogP contribution is -1.99. The fraction of sp³-hybridized carbons (Fsp3) is 0.125. The van der Waals surface area contributed by atoms with Crippen LogP contribution in [0.1, 0.15) is 5.56 Å². The van der Waals surface area contributed by atoms with Crippen LogP contribution in [-0.4, -0.2) is 4.57 Å². The molecule has 2 heteroatoms. The minimum Gasteiger partial charge on any atom is -0.399 e. The number of aromatic nitrogens is 1. The lowest BCUT2D eigenvalue weighted by atomic mass is 10.1. The van der Waals surface area contributed by atoms with Gasteiger partial charge >= 0.3 is 0 Å². The van der Waals surface area contributed by atoms with Gasteiger partial charge in [0.15, 0.2) is 0 Å². The molecule has 2 aromatic carbocycles. The Morgan fingerprint density at radius 2 is 1.67 bits per heavy atom. The van der Waals surface area contributed by atoms with Crippen LogP contribution < -0.4 is 5.73 Å². The van der Waals surface area contributed by atoms with Gasteiger partial charge in [0.05, 0.1) is 0 Å². The summed E-state index contributed by atoms with van der Waals surface area (Å²) in [6, 6.07) is 18.8. The van der Waals surface area contributed by atoms with Gasteiger partial charge in [-0.2, -0.15) is 0 Å². The molecule has 0 spiro atoms. The number of anilines is 1. The van der Waals surface area contributed by atoms with Crippen LogP contribution in [0.2, 0.25) is 0 Å². The Hall–Kier alpha value is -2.22. The van der Waals surface area contributed by atoms with E-state index in [1.165, 1.54) is 16.5 Å². The van der Waals surface area contributed by atoms with E-state index in [9.17, 15) is 0 Å². The van der Waals surface area contributed by atoms with Gasteiger partial charge in [-0.15, -0.1) is 0 Å². The van der Waals surface area contributed by atoms with Crippen molar-refractivity contribution < 1.29 is 0 Å². The summed E-state index contributed by atoms with van der Waals surface area (Å²) in [6.45, 7) is 0.997. The molecule has 0 unspecified atom stereocenters. The van der Waals surface area contributed by atoms with Gasteiger partial charge in [0.1, 0.15) is 0 Å². The summed E-state index contributed by atoms with van der Waals surface area (Å²) in [5, 5.41) is 1.30. The normalized spacial score (nSPS) is 10.9. The Labute approximate surface area is 107 Å². The van der Waals surface area contributed by atoms with Crippen LogP contribution in [0.4, 0.5) is 5.69 Å². The summed E-state index contributed by atoms with van der Waals surface area (Å²) >= 11 is 0. The molecule has 0 bridgehead atoms. The second-order valence-electron chi connectivity index (χ2n) is 4.56. The Morgan fingerprint density at radius 3 is 2.50 bits per heavy atom. The molecule has 0 fully saturated rings. The maximum atomic E-state index is 5.69. The number of hydrogen-bond donors (Lipinski definition) is 1. The predicted molar refractivity (Wildman–Crippen MR) is 76.5 cm³/mol. The van der Waals surface area contributed by atoms with Gasteiger partial charge in [0.2, 0.25) is 0 Å². The molecule has 0 aliphatic heterocycles. The van der Waals surface area contributed by atoms with E-state index < -0.39 is 0 Å². The molecule has 3 rings (SSSR count). The third-order valence-corrected chi connectivity index (χ3v) is 3.30. The molecule has 0 amide bonds. The van der Waals surface area contributed by atoms with Crippen LogP contribution in [0.25, 0.3) is 10.9 Å². The van der Waals surface area contributed by atoms with Crippen LogP contribution in [0.5, 0.6) is 0 Å². The number of para-hydroxylation sites is 1. The maximum Gasteiger partial charge on any atom is 0.0480 e. The predicted octanol–water partition coefficient (Wildman–Crippen LogP) is 3.47. The summed E-state index contributed by atoms with van der Waals surface area (Å²) in [5.74, 6) is 0. The second kappa shape index (κ2) is 4.57. The Morgan fingerprint density at radius 1 is 0.889 bits per heavy atom. The Kier molecular flexibility index (Phi) is 2.77. The minimum absolute atomic E-state index is 0.824. The molecule has 2 N–H and O–H groups in total. The fourth-order valence-electron chi connectivity index (χ4n) is 2.27. The van der Waals surface area contributed by atoms with E-state index in [4.69, 9.17) is 5.73 Å². The molecule has 1 aromatic heterocycles. The number of nitrogens with zero attached hydrogens (tertiary/aromatic N) is 1. The van der Waals surface area contributed by atoms with Gasteiger partial charge in [0.25, 0.3) is 0 Å². The first kappa shape index (κ1) is 10.9. The van der Waals surface area contributed by atoms with E-state index >= 15 is 0 Å². The molecule has 0 saturated heterocycles. The summed E-state index contributed by atoms with van der Waals surface area (Å²) < 4.78 is 2.30. The van der Waals surface area contributed by atoms with E-state index in [1.54, 1.807) is 0 Å². The maximum absolute atomic E-state index is 5.69. The first-order chi connectivity index (χ1) is 8.83. The van der Waals surface area contributed by atoms with Crippen LogP contribution >= 0.6 is 0 Å². The number of fused-ring (bicyclic) bond motifs is 1. The first-order valence-electron chi connectivity index (χ1n) is 6.21. The minimum atomic E-state index is 0.824. The van der Waals surface area contributed by atoms with Crippen LogP contribution in [0, 0.1) is 0 Å². The number of nitrogen functional groups attached to an aromatic ring is 1. The molecule has 90 valence electrons. The topological polar surface area (TPSA) is 30.9 Å². The summed E-state index contributed by atoms with van der Waals surface area (Å²) in [7, 11) is 0. The molecule has 0 saturated carbocycles. The third-order valence-electron chi connectivity index (χ3n) is 3.30. The molecule has 3 aromatic rings. The van der Waals surface area contributed by atoms with E-state index in [1.807, 2.05) is 12.1 Å². The van der Waals surface area contributed by atoms with E-state index in [2.05, 4.69) is 53.2 Å². The standard InChI is InChI=1S/C16H16N2/c17-15-7-5-13(6-8-15)9-11-18-12-10-14-3-1-2-4-16(14)18/h1-8,10,12H,9,11,17H2. The van der Waals surface area contributed by atoms with Crippen molar-refractivity contribution in [2.24, 2.45) is 0 Å². The third kappa shape index (κ3) is 2.09. The zero-order valence-electron chi connectivity index (χ0n) is 10.2. The largest absolute Gasteiger partial charge is 0.399 e. The Balaban J connectivity index is 1.79. The average molecular weight is 236 g/mol. The monoisotopic (exact) mass is 236 g/mol. The van der Waals surface area contributed by atoms with Crippen LogP contribution in [0.3, 0.4) is 0 Å². The van der Waals surface area contributed by atoms with Gasteiger partial charge in [-0.1, -0.05) is 30.3 Å². The van der Waals surface area contributed by atoms with E-state index in [-0.39, 0.29) is 0 Å². The van der Waals surface area contributed by atoms with Gasteiger partial charge in [-0.3, -0.25) is 0 Å². The van der Waals surface area contributed by atoms with Gasteiger partial charge in [-0.05, 0) is 41.6 Å². The van der Waals surface area contributed by atoms with Gasteiger partial charge < -0.3 is 10.3 Å². The van der Waals surface area contributed by atoms with Crippen molar-refractivity contribution in [2.45, 2.75) is 13.0 Å². The average Bonchev–Trinajstić information content (AvgIpc) is 2.82. The molecule has 1 heterocycles. The zero-order chi connectivity index (χ0) is 12.4. The van der Waals surface area contributed by atoms with Crippen molar-refractivity contribution in [3.8, 4) is 0 Å². The van der Waals surface area contributed by atoms with Crippen molar-refractivity contribution in [1.29, 1.82) is 0 Å². The Bertz CT molecular complexity index is 650. The highest BCUT2D eigenvalue weighted by molar-refractivity contribution is 5.79. The molecule has 0 radical (unpaired) electrons. The number of hydrogen-bond acceptors (Lipinski definition) is 1. The van der Waals surface area contributed by atoms with Crippen molar-refractivity contribution in [3.05, 3.63) is 66.4 Å². The van der Waals surface area contributed by atoms with Crippen molar-refractivity contribution in [3.63, 3.8) is 0 Å². The highest BCUT2D eigenvalue weighted by Crippen LogP contribution is 2.16. The first-order valence-corrected chi connectivity index (χ1v) is 6.21. The molecular weight excluding hydrogens is 220 g/mol. The van der Waals surface area contributed by atoms with Gasteiger partial charge in [0, 0.05) is 23.9 Å². The molecule has 0 atom stereocenters.